The van der Waals surface area contributed by atoms with E-state index in [9.17, 15) is 4.79 Å². The Kier molecular flexibility index (Phi) is 5.80. The van der Waals surface area contributed by atoms with Crippen LogP contribution >= 0.6 is 11.8 Å². The molecular formula is C13H26N2OS. The molecule has 0 aliphatic carbocycles. The number of carbonyl (C=O) groups excluding carboxylic acids is 1. The zero-order valence-corrected chi connectivity index (χ0v) is 12.4. The highest BCUT2D eigenvalue weighted by atomic mass is 32.2. The molecule has 3 nitrogen and oxygen atoms in total. The van der Waals surface area contributed by atoms with E-state index < -0.39 is 0 Å². The molecule has 0 spiro atoms. The number of piperazine rings is 1. The smallest absolute Gasteiger partial charge is 0.222 e. The van der Waals surface area contributed by atoms with Crippen molar-refractivity contribution in [3.8, 4) is 0 Å². The van der Waals surface area contributed by atoms with Crippen LogP contribution in [0.3, 0.4) is 0 Å². The molecule has 0 bridgehead atoms. The lowest BCUT2D eigenvalue weighted by Gasteiger charge is -2.32. The van der Waals surface area contributed by atoms with E-state index in [2.05, 4.69) is 33.0 Å². The first-order valence-electron chi connectivity index (χ1n) is 6.53. The topological polar surface area (TPSA) is 32.3 Å². The molecule has 0 unspecified atom stereocenters. The summed E-state index contributed by atoms with van der Waals surface area (Å²) in [6.45, 7) is 11.5. The van der Waals surface area contributed by atoms with E-state index in [4.69, 9.17) is 0 Å². The Labute approximate surface area is 110 Å². The number of hydrogen-bond acceptors (Lipinski definition) is 3. The largest absolute Gasteiger partial charge is 0.340 e. The zero-order chi connectivity index (χ0) is 12.9. The summed E-state index contributed by atoms with van der Waals surface area (Å²) in [7, 11) is 0. The lowest BCUT2D eigenvalue weighted by atomic mass is 10.2. The Bertz CT molecular complexity index is 250. The second-order valence-corrected chi connectivity index (χ2v) is 7.68. The van der Waals surface area contributed by atoms with Gasteiger partial charge < -0.3 is 10.2 Å². The maximum Gasteiger partial charge on any atom is 0.222 e. The summed E-state index contributed by atoms with van der Waals surface area (Å²) < 4.78 is 0.312. The molecular weight excluding hydrogens is 232 g/mol. The summed E-state index contributed by atoms with van der Waals surface area (Å²) >= 11 is 1.94. The molecule has 0 radical (unpaired) electrons. The van der Waals surface area contributed by atoms with Crippen LogP contribution < -0.4 is 5.32 Å². The molecule has 1 rings (SSSR count). The number of thioether (sulfide) groups is 1. The summed E-state index contributed by atoms with van der Waals surface area (Å²) in [4.78, 5) is 14.0. The van der Waals surface area contributed by atoms with Gasteiger partial charge >= 0.3 is 0 Å². The standard InChI is InChI=1S/C13H26N2OS/c1-11-10-15(8-7-14-11)12(16)6-5-9-17-13(2,3)4/h11,14H,5-10H2,1-4H3/t11-/m1/s1. The van der Waals surface area contributed by atoms with Gasteiger partial charge in [-0.1, -0.05) is 20.8 Å². The van der Waals surface area contributed by atoms with Crippen LogP contribution in [0.5, 0.6) is 0 Å². The van der Waals surface area contributed by atoms with Crippen LogP contribution in [0.2, 0.25) is 0 Å². The maximum absolute atomic E-state index is 12.0. The molecule has 1 heterocycles. The SMILES string of the molecule is C[C@@H]1CN(C(=O)CCCSC(C)(C)C)CCN1. The van der Waals surface area contributed by atoms with Gasteiger partial charge in [0.15, 0.2) is 0 Å². The highest BCUT2D eigenvalue weighted by Crippen LogP contribution is 2.24. The molecule has 0 aromatic heterocycles. The lowest BCUT2D eigenvalue weighted by Crippen LogP contribution is -2.51. The van der Waals surface area contributed by atoms with Crippen LogP contribution in [0, 0.1) is 0 Å². The van der Waals surface area contributed by atoms with Gasteiger partial charge in [-0.3, -0.25) is 4.79 Å². The number of rotatable bonds is 4. The average molecular weight is 258 g/mol. The second-order valence-electron chi connectivity index (χ2n) is 5.76. The van der Waals surface area contributed by atoms with E-state index in [0.29, 0.717) is 23.1 Å². The predicted octanol–water partition coefficient (Wildman–Crippen LogP) is 2.12. The minimum atomic E-state index is 0.312. The molecule has 1 fully saturated rings. The molecule has 100 valence electrons. The van der Waals surface area contributed by atoms with Crippen molar-refractivity contribution in [2.24, 2.45) is 0 Å². The Hall–Kier alpha value is -0.220. The number of hydrogen-bond donors (Lipinski definition) is 1. The Balaban J connectivity index is 2.16. The van der Waals surface area contributed by atoms with Crippen molar-refractivity contribution >= 4 is 17.7 Å². The Morgan fingerprint density at radius 3 is 2.76 bits per heavy atom. The van der Waals surface area contributed by atoms with E-state index >= 15 is 0 Å². The molecule has 1 aliphatic heterocycles. The van der Waals surface area contributed by atoms with E-state index in [1.807, 2.05) is 16.7 Å². The van der Waals surface area contributed by atoms with Crippen LogP contribution in [0.1, 0.15) is 40.5 Å². The van der Waals surface area contributed by atoms with Crippen LogP contribution in [-0.2, 0) is 4.79 Å². The quantitative estimate of drug-likeness (QED) is 0.784. The highest BCUT2D eigenvalue weighted by Gasteiger charge is 2.20. The third-order valence-corrected chi connectivity index (χ3v) is 4.15. The first-order chi connectivity index (χ1) is 7.88. The summed E-state index contributed by atoms with van der Waals surface area (Å²) in [5.41, 5.74) is 0. The molecule has 0 saturated carbocycles. The van der Waals surface area contributed by atoms with Crippen molar-refractivity contribution in [2.45, 2.75) is 51.3 Å². The van der Waals surface area contributed by atoms with Crippen molar-refractivity contribution in [3.63, 3.8) is 0 Å². The number of nitrogens with one attached hydrogen (secondary N) is 1. The van der Waals surface area contributed by atoms with Gasteiger partial charge in [-0.2, -0.15) is 11.8 Å². The summed E-state index contributed by atoms with van der Waals surface area (Å²) in [6.07, 6.45) is 1.70. The molecule has 1 atom stereocenters. The van der Waals surface area contributed by atoms with E-state index in [1.54, 1.807) is 0 Å². The van der Waals surface area contributed by atoms with Crippen LogP contribution in [0.4, 0.5) is 0 Å². The van der Waals surface area contributed by atoms with E-state index in [0.717, 1.165) is 31.8 Å². The molecule has 4 heteroatoms. The predicted molar refractivity (Wildman–Crippen MR) is 75.5 cm³/mol. The Morgan fingerprint density at radius 2 is 2.18 bits per heavy atom. The van der Waals surface area contributed by atoms with Crippen molar-refractivity contribution in [1.29, 1.82) is 0 Å². The first kappa shape index (κ1) is 14.8. The second kappa shape index (κ2) is 6.64. The van der Waals surface area contributed by atoms with Gasteiger partial charge in [0.25, 0.3) is 0 Å². The summed E-state index contributed by atoms with van der Waals surface area (Å²) in [5, 5.41) is 3.36. The zero-order valence-electron chi connectivity index (χ0n) is 11.6. The van der Waals surface area contributed by atoms with E-state index in [1.165, 1.54) is 0 Å². The van der Waals surface area contributed by atoms with Crippen molar-refractivity contribution in [3.05, 3.63) is 0 Å². The van der Waals surface area contributed by atoms with Gasteiger partial charge in [-0.05, 0) is 19.1 Å². The van der Waals surface area contributed by atoms with Gasteiger partial charge in [0.1, 0.15) is 0 Å². The molecule has 0 aromatic rings. The number of carbonyl (C=O) groups is 1. The molecule has 1 aliphatic rings. The fraction of sp³-hybridized carbons (Fsp3) is 0.923. The molecule has 1 N–H and O–H groups in total. The fourth-order valence-electron chi connectivity index (χ4n) is 1.92. The third-order valence-electron chi connectivity index (χ3n) is 2.79. The van der Waals surface area contributed by atoms with Crippen LogP contribution in [0.25, 0.3) is 0 Å². The number of nitrogens with zero attached hydrogens (tertiary/aromatic N) is 1. The van der Waals surface area contributed by atoms with Crippen molar-refractivity contribution in [2.75, 3.05) is 25.4 Å². The van der Waals surface area contributed by atoms with Crippen LogP contribution in [-0.4, -0.2) is 47.0 Å². The highest BCUT2D eigenvalue weighted by molar-refractivity contribution is 8.00. The minimum Gasteiger partial charge on any atom is -0.340 e. The molecule has 17 heavy (non-hydrogen) atoms. The van der Waals surface area contributed by atoms with Gasteiger partial charge in [0, 0.05) is 36.8 Å². The van der Waals surface area contributed by atoms with Crippen molar-refractivity contribution < 1.29 is 4.79 Å². The van der Waals surface area contributed by atoms with E-state index in [-0.39, 0.29) is 0 Å². The third kappa shape index (κ3) is 6.32. The van der Waals surface area contributed by atoms with Crippen molar-refractivity contribution in [1.82, 2.24) is 10.2 Å². The van der Waals surface area contributed by atoms with Gasteiger partial charge in [0.05, 0.1) is 0 Å². The monoisotopic (exact) mass is 258 g/mol. The number of amides is 1. The maximum atomic E-state index is 12.0. The summed E-state index contributed by atoms with van der Waals surface area (Å²) in [5.74, 6) is 1.41. The van der Waals surface area contributed by atoms with Crippen LogP contribution in [0.15, 0.2) is 0 Å². The van der Waals surface area contributed by atoms with Gasteiger partial charge in [0.2, 0.25) is 5.91 Å². The fourth-order valence-corrected chi connectivity index (χ4v) is 2.82. The first-order valence-corrected chi connectivity index (χ1v) is 7.52. The van der Waals surface area contributed by atoms with Gasteiger partial charge in [-0.15, -0.1) is 0 Å². The molecule has 1 saturated heterocycles. The Morgan fingerprint density at radius 1 is 1.47 bits per heavy atom. The normalized spacial score (nSPS) is 21.6. The average Bonchev–Trinajstić information content (AvgIpc) is 2.23. The molecule has 1 amide bonds. The minimum absolute atomic E-state index is 0.312. The molecule has 0 aromatic carbocycles. The summed E-state index contributed by atoms with van der Waals surface area (Å²) in [6, 6.07) is 0.441. The van der Waals surface area contributed by atoms with Gasteiger partial charge in [-0.25, -0.2) is 0 Å². The lowest BCUT2D eigenvalue weighted by molar-refractivity contribution is -0.132.